The molecule has 0 aliphatic rings. The highest BCUT2D eigenvalue weighted by Gasteiger charge is 2.15. The van der Waals surface area contributed by atoms with Crippen LogP contribution in [0, 0.1) is 6.92 Å². The van der Waals surface area contributed by atoms with Gasteiger partial charge in [-0.3, -0.25) is 10.1 Å². The summed E-state index contributed by atoms with van der Waals surface area (Å²) in [6.07, 6.45) is 0. The van der Waals surface area contributed by atoms with Crippen LogP contribution in [0.5, 0.6) is 11.5 Å². The third kappa shape index (κ3) is 4.15. The first-order chi connectivity index (χ1) is 11.5. The van der Waals surface area contributed by atoms with Gasteiger partial charge in [-0.05, 0) is 49.0 Å². The van der Waals surface area contributed by atoms with Gasteiger partial charge in [0.25, 0.3) is 5.91 Å². The van der Waals surface area contributed by atoms with Gasteiger partial charge in [0.15, 0.2) is 5.11 Å². The van der Waals surface area contributed by atoms with Crippen LogP contribution in [0.2, 0.25) is 5.02 Å². The molecule has 0 atom stereocenters. The van der Waals surface area contributed by atoms with Crippen LogP contribution in [-0.2, 0) is 0 Å². The van der Waals surface area contributed by atoms with Crippen molar-refractivity contribution in [3.63, 3.8) is 0 Å². The molecular weight excluding hydrogens is 348 g/mol. The minimum atomic E-state index is -0.367. The summed E-state index contributed by atoms with van der Waals surface area (Å²) in [6, 6.07) is 10.4. The highest BCUT2D eigenvalue weighted by Crippen LogP contribution is 2.27. The molecule has 0 unspecified atom stereocenters. The number of hydrogen-bond acceptors (Lipinski definition) is 4. The number of carbonyl (C=O) groups excluding carboxylic acids is 1. The molecule has 126 valence electrons. The van der Waals surface area contributed by atoms with Crippen LogP contribution in [0.1, 0.15) is 15.9 Å². The average Bonchev–Trinajstić information content (AvgIpc) is 2.54. The quantitative estimate of drug-likeness (QED) is 0.808. The summed E-state index contributed by atoms with van der Waals surface area (Å²) in [6.45, 7) is 1.86. The molecule has 0 aliphatic heterocycles. The van der Waals surface area contributed by atoms with E-state index in [-0.39, 0.29) is 11.0 Å². The largest absolute Gasteiger partial charge is 0.496 e. The third-order valence-electron chi connectivity index (χ3n) is 3.30. The highest BCUT2D eigenvalue weighted by molar-refractivity contribution is 7.80. The number of rotatable bonds is 4. The Morgan fingerprint density at radius 3 is 2.58 bits per heavy atom. The lowest BCUT2D eigenvalue weighted by Gasteiger charge is -2.14. The standard InChI is InChI=1S/C17H17ClN2O3S/c1-10-5-4-6-12(15(10)23-3)16(21)20-17(24)19-13-9-11(18)7-8-14(13)22-2/h4-9H,1-3H3,(H2,19,20,21,24). The SMILES string of the molecule is COc1ccc(Cl)cc1NC(=S)NC(=O)c1cccc(C)c1OC. The van der Waals surface area contributed by atoms with Crippen LogP contribution >= 0.6 is 23.8 Å². The van der Waals surface area contributed by atoms with Crippen molar-refractivity contribution in [3.05, 3.63) is 52.5 Å². The summed E-state index contributed by atoms with van der Waals surface area (Å²) >= 11 is 11.2. The molecule has 0 heterocycles. The zero-order valence-electron chi connectivity index (χ0n) is 13.5. The summed E-state index contributed by atoms with van der Waals surface area (Å²) in [5.41, 5.74) is 1.83. The Morgan fingerprint density at radius 1 is 1.17 bits per heavy atom. The van der Waals surface area contributed by atoms with Crippen molar-refractivity contribution in [3.8, 4) is 11.5 Å². The zero-order chi connectivity index (χ0) is 17.7. The van der Waals surface area contributed by atoms with Crippen LogP contribution < -0.4 is 20.1 Å². The van der Waals surface area contributed by atoms with E-state index in [0.29, 0.717) is 27.8 Å². The van der Waals surface area contributed by atoms with Crippen LogP contribution in [0.3, 0.4) is 0 Å². The minimum Gasteiger partial charge on any atom is -0.496 e. The normalized spacial score (nSPS) is 10.0. The molecule has 2 aromatic rings. The van der Waals surface area contributed by atoms with E-state index in [1.54, 1.807) is 30.3 Å². The number of carbonyl (C=O) groups is 1. The third-order valence-corrected chi connectivity index (χ3v) is 3.74. The van der Waals surface area contributed by atoms with E-state index < -0.39 is 0 Å². The number of aryl methyl sites for hydroxylation is 1. The number of methoxy groups -OCH3 is 2. The zero-order valence-corrected chi connectivity index (χ0v) is 15.0. The lowest BCUT2D eigenvalue weighted by molar-refractivity contribution is 0.0974. The first-order valence-corrected chi connectivity index (χ1v) is 7.84. The molecule has 2 rings (SSSR count). The van der Waals surface area contributed by atoms with Crippen LogP contribution in [-0.4, -0.2) is 25.2 Å². The van der Waals surface area contributed by atoms with Crippen LogP contribution in [0.25, 0.3) is 0 Å². The molecule has 0 spiro atoms. The fourth-order valence-electron chi connectivity index (χ4n) is 2.20. The Labute approximate surface area is 150 Å². The molecule has 1 amide bonds. The number of nitrogens with one attached hydrogen (secondary N) is 2. The Hall–Kier alpha value is -2.31. The molecule has 0 saturated heterocycles. The van der Waals surface area contributed by atoms with Crippen molar-refractivity contribution < 1.29 is 14.3 Å². The molecule has 2 N–H and O–H groups in total. The van der Waals surface area contributed by atoms with Crippen molar-refractivity contribution in [2.75, 3.05) is 19.5 Å². The molecular formula is C17H17ClN2O3S. The van der Waals surface area contributed by atoms with E-state index in [4.69, 9.17) is 33.3 Å². The molecule has 0 bridgehead atoms. The van der Waals surface area contributed by atoms with E-state index in [2.05, 4.69) is 10.6 Å². The topological polar surface area (TPSA) is 59.6 Å². The summed E-state index contributed by atoms with van der Waals surface area (Å²) in [4.78, 5) is 12.4. The number of benzene rings is 2. The number of ether oxygens (including phenoxy) is 2. The summed E-state index contributed by atoms with van der Waals surface area (Å²) in [5, 5.41) is 6.17. The molecule has 0 radical (unpaired) electrons. The molecule has 7 heteroatoms. The smallest absolute Gasteiger partial charge is 0.261 e. The van der Waals surface area contributed by atoms with Gasteiger partial charge in [0, 0.05) is 5.02 Å². The number of thiocarbonyl (C=S) groups is 1. The number of hydrogen-bond donors (Lipinski definition) is 2. The maximum atomic E-state index is 12.4. The van der Waals surface area contributed by atoms with Gasteiger partial charge in [-0.1, -0.05) is 23.7 Å². The summed E-state index contributed by atoms with van der Waals surface area (Å²) in [5.74, 6) is 0.705. The average molecular weight is 365 g/mol. The highest BCUT2D eigenvalue weighted by atomic mass is 35.5. The second kappa shape index (κ2) is 7.99. The number of para-hydroxylation sites is 1. The van der Waals surface area contributed by atoms with Gasteiger partial charge >= 0.3 is 0 Å². The summed E-state index contributed by atoms with van der Waals surface area (Å²) < 4.78 is 10.5. The van der Waals surface area contributed by atoms with Crippen LogP contribution in [0.15, 0.2) is 36.4 Å². The molecule has 0 aromatic heterocycles. The van der Waals surface area contributed by atoms with Crippen molar-refractivity contribution in [2.45, 2.75) is 6.92 Å². The van der Waals surface area contributed by atoms with Crippen molar-refractivity contribution in [1.82, 2.24) is 5.32 Å². The predicted molar refractivity (Wildman–Crippen MR) is 99.4 cm³/mol. The van der Waals surface area contributed by atoms with Crippen LogP contribution in [0.4, 0.5) is 5.69 Å². The molecule has 0 aliphatic carbocycles. The summed E-state index contributed by atoms with van der Waals surface area (Å²) in [7, 11) is 3.06. The van der Waals surface area contributed by atoms with Gasteiger partial charge < -0.3 is 14.8 Å². The first kappa shape index (κ1) is 18.0. The lowest BCUT2D eigenvalue weighted by atomic mass is 10.1. The van der Waals surface area contributed by atoms with Gasteiger partial charge in [-0.2, -0.15) is 0 Å². The van der Waals surface area contributed by atoms with E-state index in [1.807, 2.05) is 13.0 Å². The lowest BCUT2D eigenvalue weighted by Crippen LogP contribution is -2.34. The number of amides is 1. The van der Waals surface area contributed by atoms with Crippen molar-refractivity contribution in [1.29, 1.82) is 0 Å². The Balaban J connectivity index is 2.15. The van der Waals surface area contributed by atoms with Crippen molar-refractivity contribution in [2.24, 2.45) is 0 Å². The maximum Gasteiger partial charge on any atom is 0.261 e. The van der Waals surface area contributed by atoms with E-state index in [1.165, 1.54) is 14.2 Å². The molecule has 24 heavy (non-hydrogen) atoms. The van der Waals surface area contributed by atoms with Gasteiger partial charge in [0.1, 0.15) is 11.5 Å². The predicted octanol–water partition coefficient (Wildman–Crippen LogP) is 3.79. The monoisotopic (exact) mass is 364 g/mol. The fourth-order valence-corrected chi connectivity index (χ4v) is 2.58. The Bertz CT molecular complexity index is 780. The molecule has 0 saturated carbocycles. The van der Waals surface area contributed by atoms with E-state index >= 15 is 0 Å². The second-order valence-corrected chi connectivity index (χ2v) is 5.75. The maximum absolute atomic E-state index is 12.4. The van der Waals surface area contributed by atoms with Crippen molar-refractivity contribution >= 4 is 40.5 Å². The van der Waals surface area contributed by atoms with Gasteiger partial charge in [0.05, 0.1) is 25.5 Å². The first-order valence-electron chi connectivity index (χ1n) is 7.05. The fraction of sp³-hybridized carbons (Fsp3) is 0.176. The Morgan fingerprint density at radius 2 is 1.92 bits per heavy atom. The van der Waals surface area contributed by atoms with Gasteiger partial charge in [-0.15, -0.1) is 0 Å². The Kier molecular flexibility index (Phi) is 6.00. The van der Waals surface area contributed by atoms with Gasteiger partial charge in [-0.25, -0.2) is 0 Å². The van der Waals surface area contributed by atoms with E-state index in [9.17, 15) is 4.79 Å². The van der Waals surface area contributed by atoms with Gasteiger partial charge in [0.2, 0.25) is 0 Å². The molecule has 0 fully saturated rings. The minimum absolute atomic E-state index is 0.129. The molecule has 2 aromatic carbocycles. The number of halogens is 1. The number of anilines is 1. The van der Waals surface area contributed by atoms with E-state index in [0.717, 1.165) is 5.56 Å². The second-order valence-electron chi connectivity index (χ2n) is 4.91. The molecule has 5 nitrogen and oxygen atoms in total.